The van der Waals surface area contributed by atoms with E-state index in [1.807, 2.05) is 6.07 Å². The van der Waals surface area contributed by atoms with Crippen LogP contribution in [0.3, 0.4) is 0 Å². The van der Waals surface area contributed by atoms with Gasteiger partial charge in [-0.25, -0.2) is 5.53 Å². The fourth-order valence-corrected chi connectivity index (χ4v) is 2.54. The third kappa shape index (κ3) is 2.74. The molecule has 0 aliphatic heterocycles. The number of amides is 1. The van der Waals surface area contributed by atoms with Crippen molar-refractivity contribution < 1.29 is 9.90 Å². The summed E-state index contributed by atoms with van der Waals surface area (Å²) in [6.45, 7) is 0. The number of aromatic hydroxyl groups is 1. The summed E-state index contributed by atoms with van der Waals surface area (Å²) in [5.74, 6) is -0.852. The van der Waals surface area contributed by atoms with Crippen molar-refractivity contribution in [2.75, 3.05) is 5.32 Å². The first-order valence-corrected chi connectivity index (χ1v) is 7.17. The van der Waals surface area contributed by atoms with E-state index in [-0.39, 0.29) is 17.0 Å². The number of fused-ring (bicyclic) bond motifs is 1. The van der Waals surface area contributed by atoms with Crippen LogP contribution in [0, 0.1) is 5.53 Å². The topological polar surface area (TPSA) is 85.5 Å². The summed E-state index contributed by atoms with van der Waals surface area (Å²) >= 11 is 6.02. The Labute approximate surface area is 137 Å². The molecule has 0 unspecified atom stereocenters. The third-order valence-electron chi connectivity index (χ3n) is 3.47. The lowest BCUT2D eigenvalue weighted by Crippen LogP contribution is -2.12. The molecule has 0 saturated carbocycles. The van der Waals surface area contributed by atoms with Gasteiger partial charge in [0.05, 0.1) is 16.3 Å². The number of phenolic OH excluding ortho intramolecular Hbond substituents is 1. The molecular formula is C17H12ClN3O2. The van der Waals surface area contributed by atoms with Crippen LogP contribution in [0.2, 0.25) is 5.02 Å². The fraction of sp³-hybridized carbons (Fsp3) is 0. The van der Waals surface area contributed by atoms with E-state index in [1.54, 1.807) is 48.5 Å². The van der Waals surface area contributed by atoms with Crippen LogP contribution >= 0.6 is 11.6 Å². The molecule has 0 heterocycles. The molecule has 0 saturated heterocycles. The molecule has 0 spiro atoms. The molecule has 0 aliphatic rings. The van der Waals surface area contributed by atoms with Crippen molar-refractivity contribution in [3.63, 3.8) is 0 Å². The maximum Gasteiger partial charge on any atom is 0.259 e. The van der Waals surface area contributed by atoms with Gasteiger partial charge >= 0.3 is 0 Å². The molecular weight excluding hydrogens is 314 g/mol. The second kappa shape index (κ2) is 6.06. The van der Waals surface area contributed by atoms with Crippen LogP contribution in [-0.4, -0.2) is 11.0 Å². The predicted octanol–water partition coefficient (Wildman–Crippen LogP) is 5.11. The number of hydrogen-bond acceptors (Lipinski definition) is 4. The van der Waals surface area contributed by atoms with Crippen LogP contribution in [0.25, 0.3) is 10.8 Å². The lowest BCUT2D eigenvalue weighted by molar-refractivity contribution is 0.102. The van der Waals surface area contributed by atoms with E-state index in [9.17, 15) is 9.90 Å². The summed E-state index contributed by atoms with van der Waals surface area (Å²) in [6, 6.07) is 15.5. The molecule has 5 nitrogen and oxygen atoms in total. The Morgan fingerprint density at radius 2 is 1.83 bits per heavy atom. The van der Waals surface area contributed by atoms with Gasteiger partial charge in [-0.15, -0.1) is 0 Å². The van der Waals surface area contributed by atoms with Crippen molar-refractivity contribution in [3.05, 3.63) is 65.2 Å². The molecule has 114 valence electrons. The number of para-hydroxylation sites is 1. The maximum atomic E-state index is 12.5. The van der Waals surface area contributed by atoms with Crippen molar-refractivity contribution in [2.45, 2.75) is 0 Å². The lowest BCUT2D eigenvalue weighted by Gasteiger charge is -2.11. The highest BCUT2D eigenvalue weighted by molar-refractivity contribution is 6.34. The zero-order chi connectivity index (χ0) is 16.4. The van der Waals surface area contributed by atoms with E-state index >= 15 is 0 Å². The Hall–Kier alpha value is -2.92. The largest absolute Gasteiger partial charge is 0.505 e. The average Bonchev–Trinajstić information content (AvgIpc) is 2.56. The quantitative estimate of drug-likeness (QED) is 0.584. The van der Waals surface area contributed by atoms with E-state index in [4.69, 9.17) is 17.1 Å². The zero-order valence-electron chi connectivity index (χ0n) is 11.9. The average molecular weight is 326 g/mol. The Morgan fingerprint density at radius 3 is 2.57 bits per heavy atom. The summed E-state index contributed by atoms with van der Waals surface area (Å²) in [7, 11) is 0. The summed E-state index contributed by atoms with van der Waals surface area (Å²) in [6.07, 6.45) is 0. The van der Waals surface area contributed by atoms with Gasteiger partial charge in [0.15, 0.2) is 5.75 Å². The minimum absolute atomic E-state index is 0.0367. The monoisotopic (exact) mass is 325 g/mol. The first-order chi connectivity index (χ1) is 11.1. The number of nitrogens with zero attached hydrogens (tertiary/aromatic N) is 1. The van der Waals surface area contributed by atoms with Crippen molar-refractivity contribution in [2.24, 2.45) is 5.11 Å². The van der Waals surface area contributed by atoms with Gasteiger partial charge in [0.2, 0.25) is 0 Å². The van der Waals surface area contributed by atoms with Crippen LogP contribution < -0.4 is 5.32 Å². The molecule has 6 heteroatoms. The molecule has 3 aromatic carbocycles. The SMILES string of the molecule is N=Nc1c(O)c(C(=O)Nc2ccccc2Cl)cc2ccccc12. The van der Waals surface area contributed by atoms with Crippen molar-refractivity contribution >= 4 is 39.7 Å². The summed E-state index contributed by atoms with van der Waals surface area (Å²) < 4.78 is 0. The smallest absolute Gasteiger partial charge is 0.259 e. The highest BCUT2D eigenvalue weighted by Crippen LogP contribution is 2.38. The Kier molecular flexibility index (Phi) is 3.95. The number of phenols is 1. The normalized spacial score (nSPS) is 10.5. The molecule has 0 aromatic heterocycles. The minimum atomic E-state index is -0.522. The highest BCUT2D eigenvalue weighted by Gasteiger charge is 2.18. The second-order valence-electron chi connectivity index (χ2n) is 4.89. The van der Waals surface area contributed by atoms with Crippen LogP contribution in [-0.2, 0) is 0 Å². The number of carbonyl (C=O) groups is 1. The van der Waals surface area contributed by atoms with Gasteiger partial charge in [-0.05, 0) is 23.6 Å². The van der Waals surface area contributed by atoms with Gasteiger partial charge in [-0.3, -0.25) is 4.79 Å². The standard InChI is InChI=1S/C17H12ClN3O2/c18-13-7-3-4-8-14(13)20-17(23)12-9-10-5-1-2-6-11(10)15(21-19)16(12)22/h1-9,19,22H,(H,20,23). The van der Waals surface area contributed by atoms with Gasteiger partial charge in [-0.1, -0.05) is 48.0 Å². The van der Waals surface area contributed by atoms with Crippen LogP contribution in [0.5, 0.6) is 5.75 Å². The highest BCUT2D eigenvalue weighted by atomic mass is 35.5. The number of halogens is 1. The molecule has 0 bridgehead atoms. The number of rotatable bonds is 3. The van der Waals surface area contributed by atoms with Gasteiger partial charge in [0.1, 0.15) is 5.69 Å². The summed E-state index contributed by atoms with van der Waals surface area (Å²) in [5, 5.41) is 18.0. The number of hydrogen-bond donors (Lipinski definition) is 3. The van der Waals surface area contributed by atoms with Crippen molar-refractivity contribution in [1.82, 2.24) is 0 Å². The Balaban J connectivity index is 2.09. The first kappa shape index (κ1) is 15.0. The molecule has 0 fully saturated rings. The number of anilines is 1. The molecule has 0 radical (unpaired) electrons. The molecule has 1 amide bonds. The second-order valence-corrected chi connectivity index (χ2v) is 5.30. The fourth-order valence-electron chi connectivity index (χ4n) is 2.36. The molecule has 3 aromatic rings. The molecule has 23 heavy (non-hydrogen) atoms. The van der Waals surface area contributed by atoms with Gasteiger partial charge in [-0.2, -0.15) is 5.11 Å². The minimum Gasteiger partial charge on any atom is -0.505 e. The molecule has 0 aliphatic carbocycles. The van der Waals surface area contributed by atoms with E-state index in [0.29, 0.717) is 21.5 Å². The van der Waals surface area contributed by atoms with E-state index in [0.717, 1.165) is 0 Å². The molecule has 0 atom stereocenters. The van der Waals surface area contributed by atoms with Gasteiger partial charge in [0, 0.05) is 5.39 Å². The number of nitrogens with one attached hydrogen (secondary N) is 2. The first-order valence-electron chi connectivity index (χ1n) is 6.80. The van der Waals surface area contributed by atoms with E-state index in [2.05, 4.69) is 10.4 Å². The summed E-state index contributed by atoms with van der Waals surface area (Å²) in [4.78, 5) is 12.5. The summed E-state index contributed by atoms with van der Waals surface area (Å²) in [5.41, 5.74) is 7.81. The van der Waals surface area contributed by atoms with E-state index in [1.165, 1.54) is 0 Å². The van der Waals surface area contributed by atoms with Crippen molar-refractivity contribution in [3.8, 4) is 5.75 Å². The van der Waals surface area contributed by atoms with Crippen LogP contribution in [0.15, 0.2) is 59.7 Å². The maximum absolute atomic E-state index is 12.5. The third-order valence-corrected chi connectivity index (χ3v) is 3.80. The molecule has 3 rings (SSSR count). The lowest BCUT2D eigenvalue weighted by atomic mass is 10.0. The molecule has 3 N–H and O–H groups in total. The van der Waals surface area contributed by atoms with Crippen molar-refractivity contribution in [1.29, 1.82) is 5.53 Å². The predicted molar refractivity (Wildman–Crippen MR) is 89.8 cm³/mol. The van der Waals surface area contributed by atoms with Crippen LogP contribution in [0.1, 0.15) is 10.4 Å². The van der Waals surface area contributed by atoms with E-state index < -0.39 is 5.91 Å². The van der Waals surface area contributed by atoms with Crippen LogP contribution in [0.4, 0.5) is 11.4 Å². The number of benzene rings is 3. The Morgan fingerprint density at radius 1 is 1.13 bits per heavy atom. The van der Waals surface area contributed by atoms with Gasteiger partial charge in [0.25, 0.3) is 5.91 Å². The Bertz CT molecular complexity index is 925. The zero-order valence-corrected chi connectivity index (χ0v) is 12.6. The van der Waals surface area contributed by atoms with Gasteiger partial charge < -0.3 is 10.4 Å². The number of carbonyl (C=O) groups excluding carboxylic acids is 1.